The van der Waals surface area contributed by atoms with Gasteiger partial charge in [0, 0.05) is 0 Å². The van der Waals surface area contributed by atoms with E-state index in [0.29, 0.717) is 12.3 Å². The standard InChI is InChI=1S/C11H12N2O2S/c14-5-9-3-10-6-15-11(4-13(10)12-9)8-1-2-16-7-8/h1-3,7,11,14H,4-6H2. The molecular weight excluding hydrogens is 224 g/mol. The zero-order valence-electron chi connectivity index (χ0n) is 8.67. The van der Waals surface area contributed by atoms with Gasteiger partial charge in [0.2, 0.25) is 0 Å². The highest BCUT2D eigenvalue weighted by molar-refractivity contribution is 7.07. The Bertz CT molecular complexity index is 478. The van der Waals surface area contributed by atoms with Gasteiger partial charge in [-0.25, -0.2) is 0 Å². The van der Waals surface area contributed by atoms with Crippen LogP contribution < -0.4 is 0 Å². The number of fused-ring (bicyclic) bond motifs is 1. The molecule has 0 saturated heterocycles. The minimum atomic E-state index is -0.0108. The average Bonchev–Trinajstić information content (AvgIpc) is 2.96. The summed E-state index contributed by atoms with van der Waals surface area (Å²) >= 11 is 1.67. The summed E-state index contributed by atoms with van der Waals surface area (Å²) in [5.41, 5.74) is 2.96. The van der Waals surface area contributed by atoms with Crippen LogP contribution in [0.5, 0.6) is 0 Å². The van der Waals surface area contributed by atoms with Crippen LogP contribution in [-0.2, 0) is 24.5 Å². The minimum Gasteiger partial charge on any atom is -0.390 e. The molecule has 3 rings (SSSR count). The van der Waals surface area contributed by atoms with Crippen molar-refractivity contribution in [3.63, 3.8) is 0 Å². The maximum atomic E-state index is 9.02. The van der Waals surface area contributed by atoms with Crippen molar-refractivity contribution in [3.8, 4) is 0 Å². The van der Waals surface area contributed by atoms with E-state index in [1.54, 1.807) is 11.3 Å². The number of nitrogens with zero attached hydrogens (tertiary/aromatic N) is 2. The lowest BCUT2D eigenvalue weighted by atomic mass is 10.2. The molecule has 0 amide bonds. The lowest BCUT2D eigenvalue weighted by molar-refractivity contribution is -0.000991. The van der Waals surface area contributed by atoms with Crippen LogP contribution in [-0.4, -0.2) is 14.9 Å². The molecule has 0 spiro atoms. The summed E-state index contributed by atoms with van der Waals surface area (Å²) in [4.78, 5) is 0. The first kappa shape index (κ1) is 10.0. The van der Waals surface area contributed by atoms with Gasteiger partial charge in [-0.2, -0.15) is 16.4 Å². The normalized spacial score (nSPS) is 19.7. The van der Waals surface area contributed by atoms with Crippen LogP contribution in [0.3, 0.4) is 0 Å². The largest absolute Gasteiger partial charge is 0.390 e. The highest BCUT2D eigenvalue weighted by Crippen LogP contribution is 2.27. The summed E-state index contributed by atoms with van der Waals surface area (Å²) in [6, 6.07) is 3.97. The number of hydrogen-bond donors (Lipinski definition) is 1. The van der Waals surface area contributed by atoms with Crippen LogP contribution >= 0.6 is 11.3 Å². The van der Waals surface area contributed by atoms with Crippen molar-refractivity contribution < 1.29 is 9.84 Å². The van der Waals surface area contributed by atoms with E-state index in [2.05, 4.69) is 21.9 Å². The summed E-state index contributed by atoms with van der Waals surface area (Å²) in [6.07, 6.45) is 0.0881. The van der Waals surface area contributed by atoms with Crippen molar-refractivity contribution in [1.82, 2.24) is 9.78 Å². The average molecular weight is 236 g/mol. The zero-order chi connectivity index (χ0) is 11.0. The molecule has 16 heavy (non-hydrogen) atoms. The summed E-state index contributed by atoms with van der Waals surface area (Å²) in [5, 5.41) is 17.5. The maximum absolute atomic E-state index is 9.02. The smallest absolute Gasteiger partial charge is 0.103 e. The lowest BCUT2D eigenvalue weighted by Gasteiger charge is -2.23. The molecule has 5 heteroatoms. The number of rotatable bonds is 2. The van der Waals surface area contributed by atoms with Gasteiger partial charge in [-0.3, -0.25) is 4.68 Å². The molecule has 0 aliphatic carbocycles. The van der Waals surface area contributed by atoms with E-state index in [-0.39, 0.29) is 12.7 Å². The molecule has 3 heterocycles. The van der Waals surface area contributed by atoms with Crippen LogP contribution in [0.25, 0.3) is 0 Å². The maximum Gasteiger partial charge on any atom is 0.103 e. The fourth-order valence-corrected chi connectivity index (χ4v) is 2.62. The first-order valence-corrected chi connectivity index (χ1v) is 6.11. The Labute approximate surface area is 97.1 Å². The second-order valence-electron chi connectivity index (χ2n) is 3.82. The number of aliphatic hydroxyl groups excluding tert-OH is 1. The quantitative estimate of drug-likeness (QED) is 0.863. The van der Waals surface area contributed by atoms with E-state index < -0.39 is 0 Å². The van der Waals surface area contributed by atoms with Crippen LogP contribution in [0.2, 0.25) is 0 Å². The predicted molar refractivity (Wildman–Crippen MR) is 60.0 cm³/mol. The number of aliphatic hydroxyl groups is 1. The second kappa shape index (κ2) is 4.01. The van der Waals surface area contributed by atoms with Gasteiger partial charge < -0.3 is 9.84 Å². The van der Waals surface area contributed by atoms with Crippen molar-refractivity contribution in [1.29, 1.82) is 0 Å². The molecule has 1 unspecified atom stereocenters. The van der Waals surface area contributed by atoms with Gasteiger partial charge >= 0.3 is 0 Å². The van der Waals surface area contributed by atoms with Gasteiger partial charge in [0.15, 0.2) is 0 Å². The fourth-order valence-electron chi connectivity index (χ4n) is 1.92. The number of hydrogen-bond acceptors (Lipinski definition) is 4. The van der Waals surface area contributed by atoms with Gasteiger partial charge in [-0.15, -0.1) is 0 Å². The third-order valence-electron chi connectivity index (χ3n) is 2.76. The third-order valence-corrected chi connectivity index (χ3v) is 3.46. The first-order chi connectivity index (χ1) is 7.86. The van der Waals surface area contributed by atoms with E-state index in [1.807, 2.05) is 10.7 Å². The molecule has 2 aromatic heterocycles. The van der Waals surface area contributed by atoms with E-state index in [0.717, 1.165) is 12.2 Å². The molecule has 1 aliphatic rings. The number of thiophene rings is 1. The lowest BCUT2D eigenvalue weighted by Crippen LogP contribution is -2.21. The van der Waals surface area contributed by atoms with Crippen LogP contribution in [0.1, 0.15) is 23.1 Å². The molecule has 1 aliphatic heterocycles. The van der Waals surface area contributed by atoms with Crippen molar-refractivity contribution >= 4 is 11.3 Å². The first-order valence-electron chi connectivity index (χ1n) is 5.17. The van der Waals surface area contributed by atoms with Crippen molar-refractivity contribution in [3.05, 3.63) is 39.8 Å². The molecule has 0 radical (unpaired) electrons. The third kappa shape index (κ3) is 1.67. The zero-order valence-corrected chi connectivity index (χ0v) is 9.48. The molecule has 2 aromatic rings. The molecule has 0 saturated carbocycles. The van der Waals surface area contributed by atoms with Gasteiger partial charge in [-0.1, -0.05) is 0 Å². The molecule has 0 bridgehead atoms. The van der Waals surface area contributed by atoms with Crippen molar-refractivity contribution in [2.24, 2.45) is 0 Å². The van der Waals surface area contributed by atoms with E-state index in [9.17, 15) is 0 Å². The summed E-state index contributed by atoms with van der Waals surface area (Å²) < 4.78 is 7.70. The van der Waals surface area contributed by atoms with Gasteiger partial charge in [0.05, 0.1) is 31.1 Å². The minimum absolute atomic E-state index is 0.0108. The molecule has 1 N–H and O–H groups in total. The Morgan fingerprint density at radius 1 is 1.62 bits per heavy atom. The van der Waals surface area contributed by atoms with Gasteiger partial charge in [-0.05, 0) is 28.5 Å². The molecular formula is C11H12N2O2S. The Morgan fingerprint density at radius 3 is 3.31 bits per heavy atom. The highest BCUT2D eigenvalue weighted by atomic mass is 32.1. The summed E-state index contributed by atoms with van der Waals surface area (Å²) in [7, 11) is 0. The second-order valence-corrected chi connectivity index (χ2v) is 4.60. The van der Waals surface area contributed by atoms with Gasteiger partial charge in [0.1, 0.15) is 6.10 Å². The van der Waals surface area contributed by atoms with Crippen LogP contribution in [0.15, 0.2) is 22.9 Å². The SMILES string of the molecule is OCc1cc2n(n1)CC(c1ccsc1)OC2. The Kier molecular flexibility index (Phi) is 2.51. The predicted octanol–water partition coefficient (Wildman–Crippen LogP) is 1.71. The number of ether oxygens (including phenoxy) is 1. The van der Waals surface area contributed by atoms with E-state index in [1.165, 1.54) is 5.56 Å². The van der Waals surface area contributed by atoms with Crippen LogP contribution in [0, 0.1) is 0 Å². The van der Waals surface area contributed by atoms with Crippen molar-refractivity contribution in [2.75, 3.05) is 0 Å². The summed E-state index contributed by atoms with van der Waals surface area (Å²) in [5.74, 6) is 0. The molecule has 0 fully saturated rings. The van der Waals surface area contributed by atoms with E-state index in [4.69, 9.17) is 9.84 Å². The van der Waals surface area contributed by atoms with Gasteiger partial charge in [0.25, 0.3) is 0 Å². The summed E-state index contributed by atoms with van der Waals surface area (Å²) in [6.45, 7) is 1.28. The molecule has 0 aromatic carbocycles. The fraction of sp³-hybridized carbons (Fsp3) is 0.364. The topological polar surface area (TPSA) is 47.3 Å². The van der Waals surface area contributed by atoms with E-state index >= 15 is 0 Å². The monoisotopic (exact) mass is 236 g/mol. The Balaban J connectivity index is 1.85. The molecule has 84 valence electrons. The number of aromatic nitrogens is 2. The Morgan fingerprint density at radius 2 is 2.56 bits per heavy atom. The molecule has 1 atom stereocenters. The van der Waals surface area contributed by atoms with Crippen molar-refractivity contribution in [2.45, 2.75) is 25.9 Å². The molecule has 4 nitrogen and oxygen atoms in total. The highest BCUT2D eigenvalue weighted by Gasteiger charge is 2.22. The Hall–Kier alpha value is -1.17. The van der Waals surface area contributed by atoms with Crippen LogP contribution in [0.4, 0.5) is 0 Å².